The second-order valence-corrected chi connectivity index (χ2v) is 8.85. The number of imidazole rings is 1. The molecular formula is C23H19F3N6O2. The number of likely N-dealkylation sites (tertiary alicyclic amines) is 1. The molecule has 5 heterocycles. The summed E-state index contributed by atoms with van der Waals surface area (Å²) in [5.41, 5.74) is 7.73. The average Bonchev–Trinajstić information content (AvgIpc) is 3.42. The van der Waals surface area contributed by atoms with Crippen molar-refractivity contribution in [3.8, 4) is 5.75 Å². The molecule has 0 aliphatic carbocycles. The smallest absolute Gasteiger partial charge is 0.416 e. The number of hydrogen-bond acceptors (Lipinski definition) is 6. The van der Waals surface area contributed by atoms with Crippen molar-refractivity contribution in [3.63, 3.8) is 0 Å². The van der Waals surface area contributed by atoms with Crippen molar-refractivity contribution in [1.29, 1.82) is 0 Å². The predicted octanol–water partition coefficient (Wildman–Crippen LogP) is 3.86. The van der Waals surface area contributed by atoms with Gasteiger partial charge in [0.25, 0.3) is 5.91 Å². The molecule has 0 unspecified atom stereocenters. The van der Waals surface area contributed by atoms with Gasteiger partial charge in [-0.3, -0.25) is 9.20 Å². The summed E-state index contributed by atoms with van der Waals surface area (Å²) in [7, 11) is 0. The molecule has 1 fully saturated rings. The van der Waals surface area contributed by atoms with Gasteiger partial charge in [0.2, 0.25) is 0 Å². The number of pyridine rings is 1. The number of piperidine rings is 1. The zero-order valence-corrected chi connectivity index (χ0v) is 18.0. The number of anilines is 1. The molecule has 2 N–H and O–H groups in total. The lowest BCUT2D eigenvalue weighted by Crippen LogP contribution is -2.47. The van der Waals surface area contributed by atoms with Crippen molar-refractivity contribution in [2.24, 2.45) is 5.92 Å². The number of alkyl halides is 3. The van der Waals surface area contributed by atoms with Crippen molar-refractivity contribution in [1.82, 2.24) is 24.3 Å². The van der Waals surface area contributed by atoms with Gasteiger partial charge in [0.1, 0.15) is 34.4 Å². The highest BCUT2D eigenvalue weighted by atomic mass is 19.4. The van der Waals surface area contributed by atoms with Gasteiger partial charge in [0.05, 0.1) is 35.8 Å². The van der Waals surface area contributed by atoms with Crippen molar-refractivity contribution >= 4 is 28.3 Å². The Balaban J connectivity index is 1.41. The molecule has 6 rings (SSSR count). The van der Waals surface area contributed by atoms with E-state index in [1.165, 1.54) is 12.3 Å². The van der Waals surface area contributed by atoms with Gasteiger partial charge in [-0.2, -0.15) is 13.2 Å². The maximum Gasteiger partial charge on any atom is 0.416 e. The number of aromatic nitrogens is 4. The topological polar surface area (TPSA) is 98.6 Å². The van der Waals surface area contributed by atoms with Crippen LogP contribution in [0.5, 0.6) is 5.75 Å². The molecule has 1 saturated heterocycles. The van der Waals surface area contributed by atoms with E-state index >= 15 is 0 Å². The summed E-state index contributed by atoms with van der Waals surface area (Å²) < 4.78 is 47.3. The standard InChI is InChI=1S/C23H19F3N6O2/c1-11-4-19-20(13-3-2-12(23(24,25)26)5-18(13)34-19)31(9-11)22(33)14-6-16-15(7-29-14)30-21(27)17-8-28-10-32(16)17/h2-3,5-8,10-11,19-20H,4,9H2,1H3,(H2,27,30)/t11-,19-,20-/m0/s1. The Morgan fingerprint density at radius 1 is 1.21 bits per heavy atom. The molecule has 0 spiro atoms. The van der Waals surface area contributed by atoms with Gasteiger partial charge in [0, 0.05) is 12.1 Å². The molecule has 11 heteroatoms. The van der Waals surface area contributed by atoms with Gasteiger partial charge in [-0.1, -0.05) is 13.0 Å². The van der Waals surface area contributed by atoms with Crippen LogP contribution in [0.2, 0.25) is 0 Å². The van der Waals surface area contributed by atoms with Crippen LogP contribution < -0.4 is 10.5 Å². The second kappa shape index (κ2) is 7.05. The van der Waals surface area contributed by atoms with Crippen LogP contribution in [0.1, 0.15) is 41.0 Å². The Morgan fingerprint density at radius 3 is 2.82 bits per heavy atom. The van der Waals surface area contributed by atoms with Gasteiger partial charge in [0.15, 0.2) is 0 Å². The molecular weight excluding hydrogens is 449 g/mol. The molecule has 0 saturated carbocycles. The molecule has 4 aromatic rings. The first-order valence-electron chi connectivity index (χ1n) is 10.8. The lowest BCUT2D eigenvalue weighted by Gasteiger charge is -2.39. The number of carbonyl (C=O) groups is 1. The Hall–Kier alpha value is -3.89. The summed E-state index contributed by atoms with van der Waals surface area (Å²) in [5.74, 6) is 0.244. The zero-order chi connectivity index (χ0) is 23.8. The number of nitrogens with zero attached hydrogens (tertiary/aromatic N) is 5. The van der Waals surface area contributed by atoms with E-state index < -0.39 is 23.9 Å². The maximum atomic E-state index is 13.7. The molecule has 3 atom stereocenters. The summed E-state index contributed by atoms with van der Waals surface area (Å²) in [4.78, 5) is 28.1. The number of amides is 1. The molecule has 1 amide bonds. The predicted molar refractivity (Wildman–Crippen MR) is 116 cm³/mol. The van der Waals surface area contributed by atoms with E-state index in [0.717, 1.165) is 12.1 Å². The second-order valence-electron chi connectivity index (χ2n) is 8.85. The number of rotatable bonds is 1. The number of carbonyl (C=O) groups excluding carboxylic acids is 1. The third-order valence-electron chi connectivity index (χ3n) is 6.51. The van der Waals surface area contributed by atoms with Crippen molar-refractivity contribution in [2.75, 3.05) is 12.3 Å². The lowest BCUT2D eigenvalue weighted by molar-refractivity contribution is -0.137. The molecule has 3 aromatic heterocycles. The number of nitrogens with two attached hydrogens (primary N) is 1. The van der Waals surface area contributed by atoms with Crippen molar-refractivity contribution in [2.45, 2.75) is 31.7 Å². The fourth-order valence-corrected chi connectivity index (χ4v) is 5.00. The van der Waals surface area contributed by atoms with E-state index in [1.54, 1.807) is 27.9 Å². The molecule has 2 aliphatic heterocycles. The highest BCUT2D eigenvalue weighted by molar-refractivity contribution is 5.96. The largest absolute Gasteiger partial charge is 0.488 e. The fourth-order valence-electron chi connectivity index (χ4n) is 5.00. The summed E-state index contributed by atoms with van der Waals surface area (Å²) in [5, 5.41) is 0. The monoisotopic (exact) mass is 468 g/mol. The van der Waals surface area contributed by atoms with E-state index in [-0.39, 0.29) is 23.3 Å². The first kappa shape index (κ1) is 20.7. The van der Waals surface area contributed by atoms with Crippen LogP contribution in [0, 0.1) is 5.92 Å². The third-order valence-corrected chi connectivity index (χ3v) is 6.51. The number of halogens is 3. The Bertz CT molecular complexity index is 1470. The van der Waals surface area contributed by atoms with E-state index in [0.29, 0.717) is 40.9 Å². The van der Waals surface area contributed by atoms with E-state index in [4.69, 9.17) is 10.5 Å². The summed E-state index contributed by atoms with van der Waals surface area (Å²) in [6.45, 7) is 2.42. The SMILES string of the molecule is C[C@H]1C[C@@H]2Oc3cc(C(F)(F)F)ccc3[C@@H]2N(C(=O)c2cc3c(cn2)nc(N)c2cncn23)C1. The van der Waals surface area contributed by atoms with E-state index in [9.17, 15) is 18.0 Å². The Morgan fingerprint density at radius 2 is 2.03 bits per heavy atom. The molecule has 0 bridgehead atoms. The van der Waals surface area contributed by atoms with Gasteiger partial charge < -0.3 is 15.4 Å². The summed E-state index contributed by atoms with van der Waals surface area (Å²) >= 11 is 0. The van der Waals surface area contributed by atoms with Gasteiger partial charge in [-0.15, -0.1) is 0 Å². The third kappa shape index (κ3) is 3.06. The number of nitrogen functional groups attached to an aromatic ring is 1. The fraction of sp³-hybridized carbons (Fsp3) is 0.304. The van der Waals surface area contributed by atoms with E-state index in [2.05, 4.69) is 15.0 Å². The van der Waals surface area contributed by atoms with E-state index in [1.807, 2.05) is 6.92 Å². The van der Waals surface area contributed by atoms with Crippen LogP contribution in [0.15, 0.2) is 43.0 Å². The van der Waals surface area contributed by atoms with Gasteiger partial charge in [-0.25, -0.2) is 15.0 Å². The van der Waals surface area contributed by atoms with Crippen LogP contribution in [-0.4, -0.2) is 42.8 Å². The molecule has 8 nitrogen and oxygen atoms in total. The molecule has 1 aromatic carbocycles. The van der Waals surface area contributed by atoms with Crippen LogP contribution in [0.3, 0.4) is 0 Å². The Kier molecular flexibility index (Phi) is 4.29. The minimum Gasteiger partial charge on any atom is -0.488 e. The normalized spacial score (nSPS) is 22.0. The number of benzene rings is 1. The highest BCUT2D eigenvalue weighted by Gasteiger charge is 2.46. The molecule has 0 radical (unpaired) electrons. The highest BCUT2D eigenvalue weighted by Crippen LogP contribution is 2.47. The number of ether oxygens (including phenoxy) is 1. The minimum absolute atomic E-state index is 0.101. The van der Waals surface area contributed by atoms with Crippen molar-refractivity contribution < 1.29 is 22.7 Å². The first-order chi connectivity index (χ1) is 16.2. The van der Waals surface area contributed by atoms with Crippen LogP contribution in [0.25, 0.3) is 16.6 Å². The van der Waals surface area contributed by atoms with Crippen molar-refractivity contribution in [3.05, 3.63) is 59.8 Å². The Labute approximate surface area is 191 Å². The molecule has 34 heavy (non-hydrogen) atoms. The average molecular weight is 468 g/mol. The quantitative estimate of drug-likeness (QED) is 0.456. The molecule has 174 valence electrons. The number of fused-ring (bicyclic) bond motifs is 6. The summed E-state index contributed by atoms with van der Waals surface area (Å²) in [6, 6.07) is 4.61. The molecule has 2 aliphatic rings. The summed E-state index contributed by atoms with van der Waals surface area (Å²) in [6.07, 6.45) is 0.394. The lowest BCUT2D eigenvalue weighted by atomic mass is 9.88. The van der Waals surface area contributed by atoms with Crippen LogP contribution in [0.4, 0.5) is 19.0 Å². The number of hydrogen-bond donors (Lipinski definition) is 1. The van der Waals surface area contributed by atoms with Gasteiger partial charge in [-0.05, 0) is 30.5 Å². The first-order valence-corrected chi connectivity index (χ1v) is 10.8. The van der Waals surface area contributed by atoms with Gasteiger partial charge >= 0.3 is 6.18 Å². The minimum atomic E-state index is -4.47. The zero-order valence-electron chi connectivity index (χ0n) is 18.0. The van der Waals surface area contributed by atoms with Crippen LogP contribution in [-0.2, 0) is 6.18 Å². The van der Waals surface area contributed by atoms with Crippen LogP contribution >= 0.6 is 0 Å². The maximum absolute atomic E-state index is 13.7.